The highest BCUT2D eigenvalue weighted by molar-refractivity contribution is 5.86. The lowest BCUT2D eigenvalue weighted by atomic mass is 10.4. The van der Waals surface area contributed by atoms with Crippen LogP contribution in [0.2, 0.25) is 0 Å². The molecule has 0 aliphatic rings. The van der Waals surface area contributed by atoms with Crippen LogP contribution in [-0.4, -0.2) is 23.9 Å². The predicted molar refractivity (Wildman–Crippen MR) is 20.7 cm³/mol. The highest BCUT2D eigenvalue weighted by Gasteiger charge is 2.44. The van der Waals surface area contributed by atoms with E-state index in [-0.39, 0.29) is 5.48 Å². The van der Waals surface area contributed by atoms with Crippen LogP contribution in [0.5, 0.6) is 0 Å². The van der Waals surface area contributed by atoms with Gasteiger partial charge in [-0.1, -0.05) is 0 Å². The zero-order valence-electron chi connectivity index (χ0n) is 4.38. The molecule has 0 bridgehead atoms. The lowest BCUT2D eigenvalue weighted by Crippen LogP contribution is -2.28. The van der Waals surface area contributed by atoms with Crippen LogP contribution in [0.25, 0.3) is 0 Å². The van der Waals surface area contributed by atoms with Crippen LogP contribution in [-0.2, 0) is 4.79 Å². The molecule has 0 heterocycles. The van der Waals surface area contributed by atoms with E-state index in [9.17, 15) is 26.7 Å². The molecule has 0 saturated carbocycles. The van der Waals surface area contributed by atoms with Crippen LogP contribution < -0.4 is 0 Å². The molecular formula is C3H3F5O2. The maximum Gasteiger partial charge on any atom is 0.456 e. The lowest BCUT2D eigenvalue weighted by molar-refractivity contribution is -0.182. The predicted octanol–water partition coefficient (Wildman–Crippen LogP) is 0.558. The maximum atomic E-state index is 10.9. The number of carbonyl (C=O) groups is 1. The molecule has 7 heteroatoms. The summed E-state index contributed by atoms with van der Waals surface area (Å²) in [5.41, 5.74) is 0. The summed E-state index contributed by atoms with van der Waals surface area (Å²) in [5.74, 6) is -3.00. The van der Waals surface area contributed by atoms with Crippen LogP contribution in [0, 0.1) is 0 Å². The van der Waals surface area contributed by atoms with E-state index in [1.807, 2.05) is 0 Å². The summed E-state index contributed by atoms with van der Waals surface area (Å²) < 4.78 is 54.3. The Morgan fingerprint density at radius 3 is 1.50 bits per heavy atom. The van der Waals surface area contributed by atoms with Gasteiger partial charge in [0.15, 0.2) is 0 Å². The molecule has 0 aromatic rings. The average Bonchev–Trinajstić information content (AvgIpc) is 1.62. The van der Waals surface area contributed by atoms with Crippen molar-refractivity contribution >= 4 is 5.78 Å². The highest BCUT2D eigenvalue weighted by Crippen LogP contribution is 2.19. The minimum atomic E-state index is -5.41. The second-order valence-electron chi connectivity index (χ2n) is 1.16. The topological polar surface area (TPSA) is 48.6 Å². The minimum absolute atomic E-state index is 0. The quantitative estimate of drug-likeness (QED) is 0.525. The standard InChI is InChI=1S/C3HF5O.H2O/c4-2(5)1(9)3(6,7)8;/h2H;1H2. The van der Waals surface area contributed by atoms with E-state index in [1.165, 1.54) is 0 Å². The largest absolute Gasteiger partial charge is 0.456 e. The average molecular weight is 166 g/mol. The summed E-state index contributed by atoms with van der Waals surface area (Å²) in [6.07, 6.45) is -9.36. The summed E-state index contributed by atoms with van der Waals surface area (Å²) in [7, 11) is 0. The van der Waals surface area contributed by atoms with E-state index in [1.54, 1.807) is 0 Å². The molecule has 2 N–H and O–H groups in total. The molecule has 0 spiro atoms. The van der Waals surface area contributed by atoms with Crippen molar-refractivity contribution < 1.29 is 32.2 Å². The van der Waals surface area contributed by atoms with Crippen LogP contribution in [0.4, 0.5) is 22.0 Å². The zero-order chi connectivity index (χ0) is 7.65. The number of hydrogen-bond donors (Lipinski definition) is 0. The Hall–Kier alpha value is -0.720. The van der Waals surface area contributed by atoms with Gasteiger partial charge in [-0.2, -0.15) is 13.2 Å². The van der Waals surface area contributed by atoms with E-state index < -0.39 is 18.4 Å². The van der Waals surface area contributed by atoms with Gasteiger partial charge in [-0.3, -0.25) is 4.79 Å². The van der Waals surface area contributed by atoms with Gasteiger partial charge in [0.2, 0.25) is 0 Å². The molecule has 0 aliphatic carbocycles. The first kappa shape index (κ1) is 12.0. The smallest absolute Gasteiger partial charge is 0.412 e. The van der Waals surface area contributed by atoms with Crippen molar-refractivity contribution in [3.05, 3.63) is 0 Å². The number of Topliss-reactive ketones (excluding diaryl/α,β-unsaturated/α-hetero) is 1. The zero-order valence-corrected chi connectivity index (χ0v) is 4.38. The van der Waals surface area contributed by atoms with Crippen molar-refractivity contribution in [3.63, 3.8) is 0 Å². The van der Waals surface area contributed by atoms with Gasteiger partial charge in [0.25, 0.3) is 0 Å². The van der Waals surface area contributed by atoms with Crippen LogP contribution in [0.15, 0.2) is 0 Å². The molecule has 0 rings (SSSR count). The number of alkyl halides is 5. The Bertz CT molecular complexity index is 117. The second kappa shape index (κ2) is 3.45. The van der Waals surface area contributed by atoms with Crippen molar-refractivity contribution in [3.8, 4) is 0 Å². The van der Waals surface area contributed by atoms with Crippen molar-refractivity contribution in [1.82, 2.24) is 0 Å². The van der Waals surface area contributed by atoms with Crippen LogP contribution in [0.3, 0.4) is 0 Å². The van der Waals surface area contributed by atoms with Crippen molar-refractivity contribution in [1.29, 1.82) is 0 Å². The van der Waals surface area contributed by atoms with Crippen LogP contribution >= 0.6 is 0 Å². The third-order valence-electron chi connectivity index (χ3n) is 0.478. The van der Waals surface area contributed by atoms with Gasteiger partial charge in [-0.05, 0) is 0 Å². The highest BCUT2D eigenvalue weighted by atomic mass is 19.4. The van der Waals surface area contributed by atoms with Gasteiger partial charge in [0.1, 0.15) is 0 Å². The van der Waals surface area contributed by atoms with Gasteiger partial charge in [0, 0.05) is 0 Å². The van der Waals surface area contributed by atoms with Gasteiger partial charge < -0.3 is 5.48 Å². The number of ketones is 1. The number of halogens is 5. The molecule has 0 atom stereocenters. The number of rotatable bonds is 1. The van der Waals surface area contributed by atoms with Crippen molar-refractivity contribution in [2.75, 3.05) is 0 Å². The van der Waals surface area contributed by atoms with E-state index in [4.69, 9.17) is 0 Å². The third kappa shape index (κ3) is 3.33. The molecule has 0 amide bonds. The summed E-state index contributed by atoms with van der Waals surface area (Å²) in [6, 6.07) is 0. The van der Waals surface area contributed by atoms with Gasteiger partial charge in [-0.15, -0.1) is 0 Å². The third-order valence-corrected chi connectivity index (χ3v) is 0.478. The van der Waals surface area contributed by atoms with Gasteiger partial charge in [-0.25, -0.2) is 8.78 Å². The molecule has 0 fully saturated rings. The summed E-state index contributed by atoms with van der Waals surface area (Å²) in [4.78, 5) is 9.29. The van der Waals surface area contributed by atoms with Crippen molar-refractivity contribution in [2.45, 2.75) is 12.6 Å². The Labute approximate surface area is 51.9 Å². The van der Waals surface area contributed by atoms with E-state index in [0.29, 0.717) is 0 Å². The first-order chi connectivity index (χ1) is 3.85. The molecule has 0 saturated heterocycles. The molecule has 0 aromatic heterocycles. The van der Waals surface area contributed by atoms with E-state index >= 15 is 0 Å². The fraction of sp³-hybridized carbons (Fsp3) is 0.667. The molecular weight excluding hydrogens is 163 g/mol. The fourth-order valence-corrected chi connectivity index (χ4v) is 0.124. The van der Waals surface area contributed by atoms with Crippen LogP contribution in [0.1, 0.15) is 0 Å². The summed E-state index contributed by atoms with van der Waals surface area (Å²) in [6.45, 7) is 0. The number of hydrogen-bond acceptors (Lipinski definition) is 1. The second-order valence-corrected chi connectivity index (χ2v) is 1.16. The van der Waals surface area contributed by atoms with Gasteiger partial charge in [0.05, 0.1) is 0 Å². The molecule has 0 unspecified atom stereocenters. The molecule has 2 nitrogen and oxygen atoms in total. The first-order valence-electron chi connectivity index (χ1n) is 1.75. The Kier molecular flexibility index (Phi) is 4.14. The molecule has 10 heavy (non-hydrogen) atoms. The summed E-state index contributed by atoms with van der Waals surface area (Å²) in [5, 5.41) is 0. The lowest BCUT2D eigenvalue weighted by Gasteiger charge is -2.01. The Morgan fingerprint density at radius 1 is 1.20 bits per heavy atom. The molecule has 0 aliphatic heterocycles. The molecule has 0 aromatic carbocycles. The summed E-state index contributed by atoms with van der Waals surface area (Å²) >= 11 is 0. The normalized spacial score (nSPS) is 11.0. The monoisotopic (exact) mass is 166 g/mol. The number of carbonyl (C=O) groups excluding carboxylic acids is 1. The Morgan fingerprint density at radius 2 is 1.50 bits per heavy atom. The fourth-order valence-electron chi connectivity index (χ4n) is 0.124. The molecule has 0 radical (unpaired) electrons. The van der Waals surface area contributed by atoms with E-state index in [2.05, 4.69) is 0 Å². The first-order valence-corrected chi connectivity index (χ1v) is 1.75. The molecule has 62 valence electrons. The SMILES string of the molecule is O.O=C(C(F)F)C(F)(F)F. The maximum absolute atomic E-state index is 10.9. The van der Waals surface area contributed by atoms with Gasteiger partial charge >= 0.3 is 18.4 Å². The minimum Gasteiger partial charge on any atom is -0.412 e. The Balaban J connectivity index is 0. The van der Waals surface area contributed by atoms with Crippen molar-refractivity contribution in [2.24, 2.45) is 0 Å². The van der Waals surface area contributed by atoms with E-state index in [0.717, 1.165) is 0 Å².